The van der Waals surface area contributed by atoms with Gasteiger partial charge in [0.15, 0.2) is 0 Å². The van der Waals surface area contributed by atoms with Crippen LogP contribution in [-0.4, -0.2) is 34.3 Å². The summed E-state index contributed by atoms with van der Waals surface area (Å²) in [5, 5.41) is 11.0. The Balaban J connectivity index is 1.71. The molecule has 1 fully saturated rings. The van der Waals surface area contributed by atoms with Crippen molar-refractivity contribution in [2.24, 2.45) is 0 Å². The summed E-state index contributed by atoms with van der Waals surface area (Å²) in [6, 6.07) is 10.2. The molecule has 1 saturated heterocycles. The molecule has 2 atom stereocenters. The molecule has 1 aliphatic heterocycles. The summed E-state index contributed by atoms with van der Waals surface area (Å²) in [4.78, 5) is 12.4. The molecule has 1 aromatic carbocycles. The lowest BCUT2D eigenvalue weighted by Crippen LogP contribution is -2.51. The highest BCUT2D eigenvalue weighted by Gasteiger charge is 2.22. The maximum Gasteiger partial charge on any atom is 0.251 e. The van der Waals surface area contributed by atoms with Crippen LogP contribution < -0.4 is 10.6 Å². The zero-order valence-electron chi connectivity index (χ0n) is 14.0. The molecule has 122 valence electrons. The minimum atomic E-state index is -0.00883. The molecule has 2 unspecified atom stereocenters. The third-order valence-corrected chi connectivity index (χ3v) is 4.46. The van der Waals surface area contributed by atoms with Gasteiger partial charge >= 0.3 is 0 Å². The lowest BCUT2D eigenvalue weighted by molar-refractivity contribution is 0.0920. The number of piperidine rings is 1. The molecule has 5 heteroatoms. The number of aromatic nitrogens is 2. The molecule has 1 aliphatic rings. The van der Waals surface area contributed by atoms with Crippen molar-refractivity contribution in [1.82, 2.24) is 20.4 Å². The van der Waals surface area contributed by atoms with Gasteiger partial charge in [0, 0.05) is 23.3 Å². The molecular weight excluding hydrogens is 288 g/mol. The summed E-state index contributed by atoms with van der Waals surface area (Å²) in [6.07, 6.45) is 2.13. The number of nitrogens with zero attached hydrogens (tertiary/aromatic N) is 2. The van der Waals surface area contributed by atoms with Crippen LogP contribution in [0.15, 0.2) is 30.3 Å². The zero-order chi connectivity index (χ0) is 16.4. The van der Waals surface area contributed by atoms with E-state index in [1.54, 1.807) is 0 Å². The lowest BCUT2D eigenvalue weighted by atomic mass is 9.99. The molecule has 0 radical (unpaired) electrons. The van der Waals surface area contributed by atoms with E-state index in [9.17, 15) is 4.79 Å². The predicted molar refractivity (Wildman–Crippen MR) is 91.0 cm³/mol. The van der Waals surface area contributed by atoms with Crippen molar-refractivity contribution in [3.8, 4) is 5.69 Å². The number of hydrogen-bond donors (Lipinski definition) is 2. The Labute approximate surface area is 137 Å². The molecule has 5 nitrogen and oxygen atoms in total. The summed E-state index contributed by atoms with van der Waals surface area (Å²) < 4.78 is 1.89. The molecule has 2 N–H and O–H groups in total. The van der Waals surface area contributed by atoms with Gasteiger partial charge in [-0.25, -0.2) is 4.68 Å². The molecule has 1 aromatic heterocycles. The van der Waals surface area contributed by atoms with E-state index < -0.39 is 0 Å². The van der Waals surface area contributed by atoms with Gasteiger partial charge in [0.2, 0.25) is 0 Å². The average molecular weight is 312 g/mol. The highest BCUT2D eigenvalue weighted by molar-refractivity contribution is 5.94. The third-order valence-electron chi connectivity index (χ3n) is 4.46. The van der Waals surface area contributed by atoms with Crippen molar-refractivity contribution < 1.29 is 4.79 Å². The number of carbonyl (C=O) groups excluding carboxylic acids is 1. The Kier molecular flexibility index (Phi) is 4.48. The molecule has 1 amide bonds. The van der Waals surface area contributed by atoms with E-state index in [-0.39, 0.29) is 11.9 Å². The number of nitrogens with one attached hydrogen (secondary N) is 2. The Morgan fingerprint density at radius 2 is 2.04 bits per heavy atom. The largest absolute Gasteiger partial charge is 0.348 e. The second kappa shape index (κ2) is 6.54. The van der Waals surface area contributed by atoms with Gasteiger partial charge in [0.25, 0.3) is 5.91 Å². The van der Waals surface area contributed by atoms with Gasteiger partial charge in [-0.1, -0.05) is 0 Å². The minimum Gasteiger partial charge on any atom is -0.348 e. The average Bonchev–Trinajstić information content (AvgIpc) is 2.88. The van der Waals surface area contributed by atoms with Crippen LogP contribution in [0.2, 0.25) is 0 Å². The van der Waals surface area contributed by atoms with Crippen LogP contribution in [0, 0.1) is 13.8 Å². The predicted octanol–water partition coefficient (Wildman–Crippen LogP) is 2.36. The molecule has 2 heterocycles. The Morgan fingerprint density at radius 3 is 2.65 bits per heavy atom. The standard InChI is InChI=1S/C18H24N4O/c1-12-11-13(2)22(21-12)16-8-6-15(7-9-16)18(23)20-17-5-4-10-19-14(17)3/h6-9,11,14,17,19H,4-5,10H2,1-3H3,(H,20,23). The molecule has 2 aromatic rings. The maximum atomic E-state index is 12.4. The number of carbonyl (C=O) groups is 1. The van der Waals surface area contributed by atoms with Crippen LogP contribution >= 0.6 is 0 Å². The van der Waals surface area contributed by atoms with Gasteiger partial charge < -0.3 is 10.6 Å². The summed E-state index contributed by atoms with van der Waals surface area (Å²) in [5.41, 5.74) is 3.73. The van der Waals surface area contributed by atoms with Gasteiger partial charge in [-0.15, -0.1) is 0 Å². The van der Waals surface area contributed by atoms with Gasteiger partial charge in [-0.3, -0.25) is 4.79 Å². The molecule has 0 bridgehead atoms. The van der Waals surface area contributed by atoms with Crippen LogP contribution in [0.4, 0.5) is 0 Å². The van der Waals surface area contributed by atoms with Crippen LogP contribution in [0.1, 0.15) is 41.5 Å². The van der Waals surface area contributed by atoms with Gasteiger partial charge in [0.05, 0.1) is 11.4 Å². The fourth-order valence-corrected chi connectivity index (χ4v) is 3.14. The molecular formula is C18H24N4O. The highest BCUT2D eigenvalue weighted by Crippen LogP contribution is 2.14. The van der Waals surface area contributed by atoms with Crippen LogP contribution in [-0.2, 0) is 0 Å². The Bertz CT molecular complexity index is 690. The Morgan fingerprint density at radius 1 is 1.30 bits per heavy atom. The van der Waals surface area contributed by atoms with E-state index in [0.29, 0.717) is 11.6 Å². The van der Waals surface area contributed by atoms with Crippen LogP contribution in [0.3, 0.4) is 0 Å². The number of amides is 1. The first-order chi connectivity index (χ1) is 11.0. The summed E-state index contributed by atoms with van der Waals surface area (Å²) in [7, 11) is 0. The lowest BCUT2D eigenvalue weighted by Gasteiger charge is -2.30. The number of rotatable bonds is 3. The van der Waals surface area contributed by atoms with Crippen LogP contribution in [0.25, 0.3) is 5.69 Å². The third kappa shape index (κ3) is 3.45. The number of benzene rings is 1. The van der Waals surface area contributed by atoms with Crippen molar-refractivity contribution in [2.75, 3.05) is 6.54 Å². The molecule has 23 heavy (non-hydrogen) atoms. The first kappa shape index (κ1) is 15.7. The topological polar surface area (TPSA) is 59.0 Å². The second-order valence-corrected chi connectivity index (χ2v) is 6.35. The van der Waals surface area contributed by atoms with E-state index >= 15 is 0 Å². The number of hydrogen-bond acceptors (Lipinski definition) is 3. The SMILES string of the molecule is Cc1cc(C)n(-c2ccc(C(=O)NC3CCCNC3C)cc2)n1. The molecule has 0 spiro atoms. The van der Waals surface area contributed by atoms with Gasteiger partial charge in [-0.05, 0) is 70.5 Å². The fourth-order valence-electron chi connectivity index (χ4n) is 3.14. The zero-order valence-corrected chi connectivity index (χ0v) is 14.0. The smallest absolute Gasteiger partial charge is 0.251 e. The maximum absolute atomic E-state index is 12.4. The van der Waals surface area contributed by atoms with E-state index in [2.05, 4.69) is 22.7 Å². The Hall–Kier alpha value is -2.14. The van der Waals surface area contributed by atoms with Crippen molar-refractivity contribution in [1.29, 1.82) is 0 Å². The molecule has 0 aliphatic carbocycles. The normalized spacial score (nSPS) is 21.2. The second-order valence-electron chi connectivity index (χ2n) is 6.35. The van der Waals surface area contributed by atoms with E-state index in [1.807, 2.05) is 48.9 Å². The van der Waals surface area contributed by atoms with E-state index in [4.69, 9.17) is 0 Å². The summed E-state index contributed by atoms with van der Waals surface area (Å²) in [5.74, 6) is -0.00883. The van der Waals surface area contributed by atoms with E-state index in [1.165, 1.54) is 0 Å². The van der Waals surface area contributed by atoms with Crippen molar-refractivity contribution in [3.05, 3.63) is 47.3 Å². The number of aryl methyl sites for hydroxylation is 2. The minimum absolute atomic E-state index is 0.00883. The van der Waals surface area contributed by atoms with Crippen LogP contribution in [0.5, 0.6) is 0 Å². The summed E-state index contributed by atoms with van der Waals surface area (Å²) >= 11 is 0. The molecule has 0 saturated carbocycles. The van der Waals surface area contributed by atoms with Crippen molar-refractivity contribution in [2.45, 2.75) is 45.7 Å². The van der Waals surface area contributed by atoms with E-state index in [0.717, 1.165) is 36.5 Å². The van der Waals surface area contributed by atoms with Crippen molar-refractivity contribution >= 4 is 5.91 Å². The quantitative estimate of drug-likeness (QED) is 0.915. The molecule has 3 rings (SSSR count). The summed E-state index contributed by atoms with van der Waals surface area (Å²) in [6.45, 7) is 7.16. The first-order valence-corrected chi connectivity index (χ1v) is 8.22. The van der Waals surface area contributed by atoms with Gasteiger partial charge in [-0.2, -0.15) is 5.10 Å². The van der Waals surface area contributed by atoms with Gasteiger partial charge in [0.1, 0.15) is 0 Å². The first-order valence-electron chi connectivity index (χ1n) is 8.22. The monoisotopic (exact) mass is 312 g/mol. The van der Waals surface area contributed by atoms with Crippen molar-refractivity contribution in [3.63, 3.8) is 0 Å². The fraction of sp³-hybridized carbons (Fsp3) is 0.444. The highest BCUT2D eigenvalue weighted by atomic mass is 16.1.